The van der Waals surface area contributed by atoms with Crippen LogP contribution >= 0.6 is 0 Å². The predicted molar refractivity (Wildman–Crippen MR) is 71.4 cm³/mol. The number of hydrogen-bond acceptors (Lipinski definition) is 3. The summed E-state index contributed by atoms with van der Waals surface area (Å²) in [4.78, 5) is 23.7. The monoisotopic (exact) mass is 265 g/mol. The van der Waals surface area contributed by atoms with Crippen LogP contribution in [-0.4, -0.2) is 42.6 Å². The fraction of sp³-hybridized carbons (Fsp3) is 0.429. The van der Waals surface area contributed by atoms with Gasteiger partial charge < -0.3 is 14.7 Å². The van der Waals surface area contributed by atoms with Crippen LogP contribution in [0.2, 0.25) is 0 Å². The smallest absolute Gasteiger partial charge is 0.323 e. The number of aryl methyl sites for hydroxylation is 2. The number of methoxy groups -OCH3 is 1. The maximum absolute atomic E-state index is 11.9. The number of carboxylic acid groups (broad SMARTS) is 1. The molecular weight excluding hydrogens is 246 g/mol. The van der Waals surface area contributed by atoms with Crippen molar-refractivity contribution in [1.82, 2.24) is 4.90 Å². The van der Waals surface area contributed by atoms with Gasteiger partial charge in [-0.1, -0.05) is 17.7 Å². The lowest BCUT2D eigenvalue weighted by Crippen LogP contribution is -2.33. The molecule has 0 aliphatic heterocycles. The molecule has 19 heavy (non-hydrogen) atoms. The number of carbonyl (C=O) groups is 2. The van der Waals surface area contributed by atoms with E-state index in [-0.39, 0.29) is 18.9 Å². The molecule has 104 valence electrons. The molecule has 5 heteroatoms. The third-order valence-electron chi connectivity index (χ3n) is 2.84. The number of carbonyl (C=O) groups excluding carboxylic acids is 1. The Balaban J connectivity index is 2.93. The highest BCUT2D eigenvalue weighted by Gasteiger charge is 2.16. The number of ether oxygens (including phenoxy) is 1. The first-order chi connectivity index (χ1) is 8.85. The quantitative estimate of drug-likeness (QED) is 0.873. The van der Waals surface area contributed by atoms with E-state index in [9.17, 15) is 9.59 Å². The van der Waals surface area contributed by atoms with Crippen LogP contribution in [0.15, 0.2) is 12.1 Å². The van der Waals surface area contributed by atoms with Gasteiger partial charge in [-0.05, 0) is 19.4 Å². The van der Waals surface area contributed by atoms with Crippen LogP contribution in [0.1, 0.15) is 16.7 Å². The summed E-state index contributed by atoms with van der Waals surface area (Å²) >= 11 is 0. The third-order valence-corrected chi connectivity index (χ3v) is 2.84. The van der Waals surface area contributed by atoms with Crippen molar-refractivity contribution in [3.8, 4) is 5.75 Å². The second-order valence-corrected chi connectivity index (χ2v) is 4.59. The second-order valence-electron chi connectivity index (χ2n) is 4.59. The molecular formula is C14H19NO4. The highest BCUT2D eigenvalue weighted by Crippen LogP contribution is 2.25. The molecule has 0 saturated carbocycles. The summed E-state index contributed by atoms with van der Waals surface area (Å²) in [6.07, 6.45) is 0.134. The summed E-state index contributed by atoms with van der Waals surface area (Å²) < 4.78 is 5.31. The molecule has 0 atom stereocenters. The summed E-state index contributed by atoms with van der Waals surface area (Å²) in [6.45, 7) is 3.56. The van der Waals surface area contributed by atoms with E-state index in [1.165, 1.54) is 11.9 Å². The maximum atomic E-state index is 11.9. The Labute approximate surface area is 112 Å². The minimum absolute atomic E-state index is 0.134. The van der Waals surface area contributed by atoms with Crippen LogP contribution in [0, 0.1) is 13.8 Å². The van der Waals surface area contributed by atoms with Gasteiger partial charge in [0.15, 0.2) is 0 Å². The molecule has 0 saturated heterocycles. The van der Waals surface area contributed by atoms with Crippen LogP contribution in [-0.2, 0) is 16.0 Å². The lowest BCUT2D eigenvalue weighted by Gasteiger charge is -2.17. The lowest BCUT2D eigenvalue weighted by molar-refractivity contribution is -0.143. The Hall–Kier alpha value is -2.04. The molecule has 1 aromatic carbocycles. The number of rotatable bonds is 5. The van der Waals surface area contributed by atoms with Crippen molar-refractivity contribution in [3.05, 3.63) is 28.8 Å². The van der Waals surface area contributed by atoms with Crippen LogP contribution in [0.5, 0.6) is 5.75 Å². The van der Waals surface area contributed by atoms with Crippen molar-refractivity contribution in [3.63, 3.8) is 0 Å². The number of carboxylic acids is 1. The molecule has 1 amide bonds. The van der Waals surface area contributed by atoms with E-state index in [0.717, 1.165) is 16.7 Å². The highest BCUT2D eigenvalue weighted by atomic mass is 16.5. The average Bonchev–Trinajstić information content (AvgIpc) is 2.27. The molecule has 0 aliphatic rings. The molecule has 0 unspecified atom stereocenters. The average molecular weight is 265 g/mol. The molecule has 0 fully saturated rings. The van der Waals surface area contributed by atoms with E-state index in [1.807, 2.05) is 26.0 Å². The topological polar surface area (TPSA) is 66.8 Å². The fourth-order valence-corrected chi connectivity index (χ4v) is 2.05. The molecule has 5 nitrogen and oxygen atoms in total. The van der Waals surface area contributed by atoms with Gasteiger partial charge >= 0.3 is 5.97 Å². The van der Waals surface area contributed by atoms with Gasteiger partial charge in [-0.25, -0.2) is 0 Å². The number of amides is 1. The number of nitrogens with zero attached hydrogens (tertiary/aromatic N) is 1. The molecule has 0 aromatic heterocycles. The van der Waals surface area contributed by atoms with Crippen molar-refractivity contribution in [2.24, 2.45) is 0 Å². The molecule has 0 spiro atoms. The largest absolute Gasteiger partial charge is 0.496 e. The zero-order valence-electron chi connectivity index (χ0n) is 11.7. The van der Waals surface area contributed by atoms with Crippen molar-refractivity contribution in [2.45, 2.75) is 20.3 Å². The first-order valence-electron chi connectivity index (χ1n) is 5.95. The zero-order chi connectivity index (χ0) is 14.6. The lowest BCUT2D eigenvalue weighted by atomic mass is 10.0. The molecule has 1 aromatic rings. The Morgan fingerprint density at radius 2 is 1.95 bits per heavy atom. The Kier molecular flexibility index (Phi) is 4.92. The predicted octanol–water partition coefficient (Wildman–Crippen LogP) is 1.40. The molecule has 0 radical (unpaired) electrons. The zero-order valence-corrected chi connectivity index (χ0v) is 11.7. The third kappa shape index (κ3) is 3.98. The van der Waals surface area contributed by atoms with E-state index >= 15 is 0 Å². The summed E-state index contributed by atoms with van der Waals surface area (Å²) in [5.74, 6) is -0.586. The van der Waals surface area contributed by atoms with E-state index in [2.05, 4.69) is 0 Å². The van der Waals surface area contributed by atoms with Gasteiger partial charge in [0.2, 0.25) is 5.91 Å². The van der Waals surface area contributed by atoms with Crippen molar-refractivity contribution in [1.29, 1.82) is 0 Å². The van der Waals surface area contributed by atoms with Gasteiger partial charge in [0, 0.05) is 12.6 Å². The minimum atomic E-state index is -1.02. The van der Waals surface area contributed by atoms with Gasteiger partial charge in [-0.2, -0.15) is 0 Å². The van der Waals surface area contributed by atoms with Gasteiger partial charge in [0.25, 0.3) is 0 Å². The summed E-state index contributed by atoms with van der Waals surface area (Å²) in [5.41, 5.74) is 2.79. The van der Waals surface area contributed by atoms with E-state index in [4.69, 9.17) is 9.84 Å². The normalized spacial score (nSPS) is 10.1. The number of hydrogen-bond donors (Lipinski definition) is 1. The number of likely N-dealkylation sites (N-methyl/N-ethyl adjacent to an activating group) is 1. The Bertz CT molecular complexity index is 496. The van der Waals surface area contributed by atoms with Crippen molar-refractivity contribution >= 4 is 11.9 Å². The van der Waals surface area contributed by atoms with Crippen LogP contribution in [0.25, 0.3) is 0 Å². The van der Waals surface area contributed by atoms with Gasteiger partial charge in [-0.15, -0.1) is 0 Å². The second kappa shape index (κ2) is 6.22. The van der Waals surface area contributed by atoms with Gasteiger partial charge in [-0.3, -0.25) is 9.59 Å². The summed E-state index contributed by atoms with van der Waals surface area (Å²) in [5, 5.41) is 8.67. The minimum Gasteiger partial charge on any atom is -0.496 e. The molecule has 0 aliphatic carbocycles. The molecule has 1 rings (SSSR count). The Morgan fingerprint density at radius 1 is 1.32 bits per heavy atom. The first kappa shape index (κ1) is 15.0. The number of benzene rings is 1. The molecule has 1 N–H and O–H groups in total. The van der Waals surface area contributed by atoms with Gasteiger partial charge in [0.1, 0.15) is 12.3 Å². The first-order valence-corrected chi connectivity index (χ1v) is 5.95. The summed E-state index contributed by atoms with van der Waals surface area (Å²) in [6, 6.07) is 3.87. The van der Waals surface area contributed by atoms with Crippen molar-refractivity contribution in [2.75, 3.05) is 20.7 Å². The standard InChI is InChI=1S/C14H19NO4/c1-9-5-10(2)14(19-4)11(6-9)7-12(16)15(3)8-13(17)18/h5-6H,7-8H2,1-4H3,(H,17,18). The Morgan fingerprint density at radius 3 is 2.47 bits per heavy atom. The van der Waals surface area contributed by atoms with E-state index in [0.29, 0.717) is 5.75 Å². The van der Waals surface area contributed by atoms with Crippen LogP contribution < -0.4 is 4.74 Å². The highest BCUT2D eigenvalue weighted by molar-refractivity contribution is 5.83. The number of aliphatic carboxylic acids is 1. The fourth-order valence-electron chi connectivity index (χ4n) is 2.05. The van der Waals surface area contributed by atoms with Gasteiger partial charge in [0.05, 0.1) is 13.5 Å². The van der Waals surface area contributed by atoms with Crippen LogP contribution in [0.4, 0.5) is 0 Å². The summed E-state index contributed by atoms with van der Waals surface area (Å²) in [7, 11) is 3.04. The van der Waals surface area contributed by atoms with E-state index in [1.54, 1.807) is 7.11 Å². The molecule has 0 bridgehead atoms. The SMILES string of the molecule is COc1c(C)cc(C)cc1CC(=O)N(C)CC(=O)O. The van der Waals surface area contributed by atoms with Crippen molar-refractivity contribution < 1.29 is 19.4 Å². The molecule has 0 heterocycles. The van der Waals surface area contributed by atoms with E-state index < -0.39 is 5.97 Å². The maximum Gasteiger partial charge on any atom is 0.323 e. The van der Waals surface area contributed by atoms with Crippen LogP contribution in [0.3, 0.4) is 0 Å².